The molecule has 0 spiro atoms. The second-order valence-electron chi connectivity index (χ2n) is 6.57. The first-order valence-electron chi connectivity index (χ1n) is 9.38. The molecule has 0 bridgehead atoms. The highest BCUT2D eigenvalue weighted by molar-refractivity contribution is 7.98. The highest BCUT2D eigenvalue weighted by Gasteiger charge is 2.15. The van der Waals surface area contributed by atoms with Crippen LogP contribution >= 0.6 is 23.1 Å². The van der Waals surface area contributed by atoms with E-state index in [2.05, 4.69) is 22.1 Å². The van der Waals surface area contributed by atoms with Gasteiger partial charge in [0.2, 0.25) is 5.91 Å². The van der Waals surface area contributed by atoms with E-state index in [1.807, 2.05) is 55.5 Å². The first-order chi connectivity index (χ1) is 14.2. The van der Waals surface area contributed by atoms with E-state index in [0.29, 0.717) is 6.54 Å². The molecule has 0 unspecified atom stereocenters. The minimum atomic E-state index is -0.213. The number of nitrogens with one attached hydrogen (secondary N) is 1. The highest BCUT2D eigenvalue weighted by Crippen LogP contribution is 2.30. The van der Waals surface area contributed by atoms with E-state index in [1.165, 1.54) is 10.1 Å². The van der Waals surface area contributed by atoms with Crippen LogP contribution in [0.3, 0.4) is 0 Å². The molecule has 2 aromatic carbocycles. The van der Waals surface area contributed by atoms with Crippen LogP contribution in [0.2, 0.25) is 0 Å². The average molecular weight is 424 g/mol. The first-order valence-corrected chi connectivity index (χ1v) is 11.3. The Bertz CT molecular complexity index is 1190. The normalized spacial score (nSPS) is 11.1. The summed E-state index contributed by atoms with van der Waals surface area (Å²) in [4.78, 5) is 26.5. The zero-order chi connectivity index (χ0) is 20.2. The molecule has 2 aromatic heterocycles. The number of rotatable bonds is 7. The predicted molar refractivity (Wildman–Crippen MR) is 121 cm³/mol. The minimum Gasteiger partial charge on any atom is -0.324 e. The number of thiophene rings is 1. The Morgan fingerprint density at radius 1 is 1.03 bits per heavy atom. The number of hydrogen-bond donors (Lipinski definition) is 1. The third kappa shape index (κ3) is 4.16. The van der Waals surface area contributed by atoms with Crippen LogP contribution in [-0.4, -0.2) is 15.0 Å². The maximum absolute atomic E-state index is 12.8. The predicted octanol–water partition coefficient (Wildman–Crippen LogP) is 4.82. The van der Waals surface area contributed by atoms with E-state index < -0.39 is 0 Å². The molecule has 0 aliphatic heterocycles. The number of aromatic nitrogens is 2. The third-order valence-corrected chi connectivity index (χ3v) is 6.56. The van der Waals surface area contributed by atoms with Crippen molar-refractivity contribution in [2.24, 2.45) is 0 Å². The maximum atomic E-state index is 12.8. The number of amides is 1. The number of carbonyl (C=O) groups excluding carboxylic acids is 1. The van der Waals surface area contributed by atoms with E-state index in [4.69, 9.17) is 0 Å². The van der Waals surface area contributed by atoms with Crippen LogP contribution in [0.4, 0.5) is 5.69 Å². The van der Waals surface area contributed by atoms with Gasteiger partial charge in [-0.05, 0) is 53.6 Å². The van der Waals surface area contributed by atoms with Gasteiger partial charge in [-0.15, -0.1) is 11.8 Å². The van der Waals surface area contributed by atoms with Crippen LogP contribution in [0.15, 0.2) is 75.0 Å². The van der Waals surface area contributed by atoms with Crippen LogP contribution in [0.25, 0.3) is 11.0 Å². The van der Waals surface area contributed by atoms with Crippen molar-refractivity contribution in [2.45, 2.75) is 30.7 Å². The number of benzene rings is 2. The minimum absolute atomic E-state index is 0.0180. The van der Waals surface area contributed by atoms with Crippen LogP contribution in [0, 0.1) is 0 Å². The molecule has 4 aromatic rings. The van der Waals surface area contributed by atoms with Crippen LogP contribution in [0.5, 0.6) is 0 Å². The number of thioether (sulfide) groups is 1. The summed E-state index contributed by atoms with van der Waals surface area (Å²) < 4.78 is 3.22. The van der Waals surface area contributed by atoms with Gasteiger partial charge in [0.05, 0.1) is 16.7 Å². The summed E-state index contributed by atoms with van der Waals surface area (Å²) in [6.07, 6.45) is 0. The largest absolute Gasteiger partial charge is 0.329 e. The van der Waals surface area contributed by atoms with Gasteiger partial charge in [-0.1, -0.05) is 24.3 Å². The molecular formula is C22H21N3O2S2. The van der Waals surface area contributed by atoms with E-state index in [-0.39, 0.29) is 18.1 Å². The highest BCUT2D eigenvalue weighted by atomic mass is 32.2. The lowest BCUT2D eigenvalue weighted by Gasteiger charge is -2.11. The molecule has 148 valence electrons. The van der Waals surface area contributed by atoms with Crippen LogP contribution in [-0.2, 0) is 23.6 Å². The number of nitrogens with zero attached hydrogens (tertiary/aromatic N) is 2. The van der Waals surface area contributed by atoms with Gasteiger partial charge in [0.1, 0.15) is 6.54 Å². The Balaban J connectivity index is 1.53. The van der Waals surface area contributed by atoms with Crippen LogP contribution in [0.1, 0.15) is 12.5 Å². The van der Waals surface area contributed by atoms with Gasteiger partial charge in [0.15, 0.2) is 0 Å². The summed E-state index contributed by atoms with van der Waals surface area (Å²) in [5.41, 5.74) is 3.49. The Labute approximate surface area is 177 Å². The van der Waals surface area contributed by atoms with Gasteiger partial charge in [-0.2, -0.15) is 11.3 Å². The Morgan fingerprint density at radius 3 is 2.48 bits per heavy atom. The molecule has 0 radical (unpaired) electrons. The summed E-state index contributed by atoms with van der Waals surface area (Å²) in [5, 5.41) is 7.17. The number of carbonyl (C=O) groups is 1. The van der Waals surface area contributed by atoms with Crippen molar-refractivity contribution >= 4 is 45.7 Å². The Morgan fingerprint density at radius 2 is 1.76 bits per heavy atom. The molecule has 0 fully saturated rings. The smallest absolute Gasteiger partial charge is 0.324 e. The summed E-state index contributed by atoms with van der Waals surface area (Å²) >= 11 is 3.37. The van der Waals surface area contributed by atoms with E-state index >= 15 is 0 Å². The molecule has 2 heterocycles. The Kier molecular flexibility index (Phi) is 5.87. The Hall–Kier alpha value is -2.77. The summed E-state index contributed by atoms with van der Waals surface area (Å²) in [7, 11) is 0. The number of fused-ring (bicyclic) bond motifs is 1. The fraction of sp³-hybridized carbons (Fsp3) is 0.182. The quantitative estimate of drug-likeness (QED) is 0.434. The molecule has 29 heavy (non-hydrogen) atoms. The van der Waals surface area contributed by atoms with E-state index in [0.717, 1.165) is 27.4 Å². The molecule has 4 rings (SSSR count). The molecule has 1 N–H and O–H groups in total. The topological polar surface area (TPSA) is 56.0 Å². The van der Waals surface area contributed by atoms with Crippen molar-refractivity contribution in [3.05, 3.63) is 81.4 Å². The third-order valence-electron chi connectivity index (χ3n) is 4.68. The number of para-hydroxylation sites is 3. The molecule has 0 saturated carbocycles. The monoisotopic (exact) mass is 423 g/mol. The van der Waals surface area contributed by atoms with Gasteiger partial charge in [-0.3, -0.25) is 13.9 Å². The molecule has 0 saturated heterocycles. The van der Waals surface area contributed by atoms with Gasteiger partial charge >= 0.3 is 5.69 Å². The molecule has 0 atom stereocenters. The summed E-state index contributed by atoms with van der Waals surface area (Å²) in [5.74, 6) is 0.634. The molecule has 5 nitrogen and oxygen atoms in total. The van der Waals surface area contributed by atoms with Crippen LogP contribution < -0.4 is 11.0 Å². The SMILES string of the molecule is CCn1c(=O)n(CC(=O)Nc2ccccc2SCc2ccsc2)c2ccccc21. The lowest BCUT2D eigenvalue weighted by atomic mass is 10.3. The molecule has 0 aliphatic carbocycles. The standard InChI is InChI=1S/C22H21N3O2S2/c1-2-24-18-8-4-5-9-19(18)25(22(24)27)13-21(26)23-17-7-3-6-10-20(17)29-15-16-11-12-28-14-16/h3-12,14H,2,13,15H2,1H3,(H,23,26). The maximum Gasteiger partial charge on any atom is 0.329 e. The first kappa shape index (κ1) is 19.5. The summed E-state index contributed by atoms with van der Waals surface area (Å²) in [6.45, 7) is 2.48. The van der Waals surface area contributed by atoms with Crippen molar-refractivity contribution in [1.29, 1.82) is 0 Å². The van der Waals surface area contributed by atoms with Gasteiger partial charge in [-0.25, -0.2) is 4.79 Å². The number of imidazole rings is 1. The van der Waals surface area contributed by atoms with Crippen molar-refractivity contribution in [2.75, 3.05) is 5.32 Å². The van der Waals surface area contributed by atoms with Crippen molar-refractivity contribution in [3.8, 4) is 0 Å². The van der Waals surface area contributed by atoms with Gasteiger partial charge < -0.3 is 5.32 Å². The van der Waals surface area contributed by atoms with E-state index in [9.17, 15) is 9.59 Å². The fourth-order valence-corrected chi connectivity index (χ4v) is 5.02. The molecule has 0 aliphatic rings. The van der Waals surface area contributed by atoms with Gasteiger partial charge in [0.25, 0.3) is 0 Å². The molecular weight excluding hydrogens is 402 g/mol. The molecule has 7 heteroatoms. The van der Waals surface area contributed by atoms with Crippen molar-refractivity contribution in [1.82, 2.24) is 9.13 Å². The zero-order valence-corrected chi connectivity index (χ0v) is 17.6. The van der Waals surface area contributed by atoms with Crippen molar-refractivity contribution < 1.29 is 4.79 Å². The van der Waals surface area contributed by atoms with Gasteiger partial charge in [0, 0.05) is 17.2 Å². The van der Waals surface area contributed by atoms with E-state index in [1.54, 1.807) is 27.7 Å². The number of anilines is 1. The number of hydrogen-bond acceptors (Lipinski definition) is 4. The number of aryl methyl sites for hydroxylation is 1. The van der Waals surface area contributed by atoms with Crippen molar-refractivity contribution in [3.63, 3.8) is 0 Å². The second-order valence-corrected chi connectivity index (χ2v) is 8.36. The average Bonchev–Trinajstić information content (AvgIpc) is 3.34. The summed E-state index contributed by atoms with van der Waals surface area (Å²) in [6, 6.07) is 17.4. The lowest BCUT2D eigenvalue weighted by molar-refractivity contribution is -0.116. The zero-order valence-electron chi connectivity index (χ0n) is 16.0. The fourth-order valence-electron chi connectivity index (χ4n) is 3.30. The second kappa shape index (κ2) is 8.71. The lowest BCUT2D eigenvalue weighted by Crippen LogP contribution is -2.29. The molecule has 1 amide bonds.